The van der Waals surface area contributed by atoms with Gasteiger partial charge in [0.05, 0.1) is 6.21 Å². The summed E-state index contributed by atoms with van der Waals surface area (Å²) in [6, 6.07) is 0. The predicted molar refractivity (Wildman–Crippen MR) is 54.6 cm³/mol. The number of rotatable bonds is 1. The second-order valence-corrected chi connectivity index (χ2v) is 1.80. The van der Waals surface area contributed by atoms with Gasteiger partial charge in [-0.1, -0.05) is 32.6 Å². The zero-order chi connectivity index (χ0) is 9.40. The molecule has 3 nitrogen and oxygen atoms in total. The third-order valence-electron chi connectivity index (χ3n) is 1.17. The van der Waals surface area contributed by atoms with Crippen LogP contribution in [0.4, 0.5) is 0 Å². The average molecular weight is 165 g/mol. The van der Waals surface area contributed by atoms with Crippen LogP contribution in [0.5, 0.6) is 0 Å². The SMILES string of the molecule is C=C/C=C1/C=NNC1=NC.CC. The molecule has 1 rings (SSSR count). The number of allylic oxidation sites excluding steroid dienone is 2. The lowest BCUT2D eigenvalue weighted by Crippen LogP contribution is -2.12. The van der Waals surface area contributed by atoms with E-state index < -0.39 is 0 Å². The van der Waals surface area contributed by atoms with Crippen LogP contribution in [0.3, 0.4) is 0 Å². The van der Waals surface area contributed by atoms with E-state index >= 15 is 0 Å². The molecule has 12 heavy (non-hydrogen) atoms. The van der Waals surface area contributed by atoms with Crippen LogP contribution in [0.25, 0.3) is 0 Å². The summed E-state index contributed by atoms with van der Waals surface area (Å²) >= 11 is 0. The Labute approximate surface area is 73.6 Å². The molecule has 0 spiro atoms. The normalized spacial score (nSPS) is 20.2. The monoisotopic (exact) mass is 165 g/mol. The maximum Gasteiger partial charge on any atom is 0.150 e. The van der Waals surface area contributed by atoms with Crippen molar-refractivity contribution in [2.75, 3.05) is 7.05 Å². The summed E-state index contributed by atoms with van der Waals surface area (Å²) in [7, 11) is 1.72. The molecule has 0 atom stereocenters. The molecule has 1 N–H and O–H groups in total. The van der Waals surface area contributed by atoms with Crippen molar-refractivity contribution in [3.63, 3.8) is 0 Å². The highest BCUT2D eigenvalue weighted by Crippen LogP contribution is 1.98. The molecule has 0 saturated carbocycles. The van der Waals surface area contributed by atoms with Gasteiger partial charge in [-0.15, -0.1) is 0 Å². The van der Waals surface area contributed by atoms with Gasteiger partial charge in [-0.2, -0.15) is 5.10 Å². The molecule has 3 heteroatoms. The third-order valence-corrected chi connectivity index (χ3v) is 1.17. The van der Waals surface area contributed by atoms with Crippen molar-refractivity contribution in [1.82, 2.24) is 5.43 Å². The fraction of sp³-hybridized carbons (Fsp3) is 0.333. The summed E-state index contributed by atoms with van der Waals surface area (Å²) in [5, 5.41) is 3.81. The molecule has 0 radical (unpaired) electrons. The van der Waals surface area contributed by atoms with Gasteiger partial charge in [-0.05, 0) is 0 Å². The van der Waals surface area contributed by atoms with E-state index in [4.69, 9.17) is 0 Å². The minimum atomic E-state index is 0.792. The molecule has 0 amide bonds. The summed E-state index contributed by atoms with van der Waals surface area (Å²) in [5.41, 5.74) is 3.71. The van der Waals surface area contributed by atoms with Gasteiger partial charge in [0.2, 0.25) is 0 Å². The quantitative estimate of drug-likeness (QED) is 0.631. The summed E-state index contributed by atoms with van der Waals surface area (Å²) < 4.78 is 0. The maximum atomic E-state index is 3.95. The van der Waals surface area contributed by atoms with Crippen LogP contribution in [0.15, 0.2) is 34.4 Å². The molecule has 0 bridgehead atoms. The van der Waals surface area contributed by atoms with Gasteiger partial charge in [0.1, 0.15) is 5.84 Å². The second kappa shape index (κ2) is 6.34. The van der Waals surface area contributed by atoms with Crippen molar-refractivity contribution in [2.45, 2.75) is 13.8 Å². The Bertz CT molecular complexity index is 224. The van der Waals surface area contributed by atoms with Crippen LogP contribution in [-0.2, 0) is 0 Å². The minimum absolute atomic E-state index is 0.792. The number of hydrogen-bond donors (Lipinski definition) is 1. The van der Waals surface area contributed by atoms with Crippen molar-refractivity contribution in [2.24, 2.45) is 10.1 Å². The third kappa shape index (κ3) is 2.70. The lowest BCUT2D eigenvalue weighted by Gasteiger charge is -1.92. The molecule has 0 aliphatic carbocycles. The Kier molecular flexibility index (Phi) is 5.61. The average Bonchev–Trinajstić information content (AvgIpc) is 2.56. The molecular weight excluding hydrogens is 150 g/mol. The van der Waals surface area contributed by atoms with E-state index in [1.54, 1.807) is 19.3 Å². The molecule has 1 aliphatic rings. The van der Waals surface area contributed by atoms with Gasteiger partial charge in [-0.3, -0.25) is 10.4 Å². The summed E-state index contributed by atoms with van der Waals surface area (Å²) in [6.45, 7) is 7.57. The highest BCUT2D eigenvalue weighted by Gasteiger charge is 2.06. The number of aliphatic imine (C=N–C) groups is 1. The number of hydrazone groups is 1. The van der Waals surface area contributed by atoms with Crippen molar-refractivity contribution in [3.05, 3.63) is 24.3 Å². The standard InChI is InChI=1S/C7H9N3.C2H6/c1-3-4-6-5-9-10-7(6)8-2;1-2/h3-5H,1H2,2H3,(H,8,10);1-2H3/b6-4-;. The smallest absolute Gasteiger partial charge is 0.150 e. The summed E-state index contributed by atoms with van der Waals surface area (Å²) in [5.74, 6) is 0.792. The van der Waals surface area contributed by atoms with Crippen LogP contribution < -0.4 is 5.43 Å². The Balaban J connectivity index is 0.000000561. The molecular formula is C9H15N3. The molecule has 1 heterocycles. The molecule has 0 aromatic heterocycles. The molecule has 0 aromatic carbocycles. The van der Waals surface area contributed by atoms with E-state index in [9.17, 15) is 0 Å². The lowest BCUT2D eigenvalue weighted by molar-refractivity contribution is 1.05. The predicted octanol–water partition coefficient (Wildman–Crippen LogP) is 1.74. The van der Waals surface area contributed by atoms with Crippen molar-refractivity contribution < 1.29 is 0 Å². The van der Waals surface area contributed by atoms with E-state index in [-0.39, 0.29) is 0 Å². The largest absolute Gasteiger partial charge is 0.270 e. The van der Waals surface area contributed by atoms with E-state index in [1.807, 2.05) is 19.9 Å². The van der Waals surface area contributed by atoms with E-state index in [2.05, 4.69) is 22.1 Å². The van der Waals surface area contributed by atoms with E-state index in [1.165, 1.54) is 0 Å². The minimum Gasteiger partial charge on any atom is -0.270 e. The molecule has 66 valence electrons. The molecule has 1 aliphatic heterocycles. The van der Waals surface area contributed by atoms with Crippen molar-refractivity contribution in [1.29, 1.82) is 0 Å². The fourth-order valence-electron chi connectivity index (χ4n) is 0.717. The molecule has 0 unspecified atom stereocenters. The number of nitrogens with one attached hydrogen (secondary N) is 1. The highest BCUT2D eigenvalue weighted by atomic mass is 15.3. The Morgan fingerprint density at radius 1 is 1.58 bits per heavy atom. The van der Waals surface area contributed by atoms with Crippen LogP contribution in [0.2, 0.25) is 0 Å². The zero-order valence-corrected chi connectivity index (χ0v) is 7.83. The Morgan fingerprint density at radius 3 is 2.75 bits per heavy atom. The fourth-order valence-corrected chi connectivity index (χ4v) is 0.717. The first-order chi connectivity index (χ1) is 5.88. The highest BCUT2D eigenvalue weighted by molar-refractivity contribution is 6.18. The van der Waals surface area contributed by atoms with Gasteiger partial charge >= 0.3 is 0 Å². The summed E-state index contributed by atoms with van der Waals surface area (Å²) in [4.78, 5) is 3.95. The van der Waals surface area contributed by atoms with Gasteiger partial charge in [-0.25, -0.2) is 0 Å². The Hall–Kier alpha value is -1.38. The van der Waals surface area contributed by atoms with Gasteiger partial charge in [0.15, 0.2) is 0 Å². The summed E-state index contributed by atoms with van der Waals surface area (Å²) in [6.07, 6.45) is 5.27. The number of hydrogen-bond acceptors (Lipinski definition) is 2. The Morgan fingerprint density at radius 2 is 2.25 bits per heavy atom. The van der Waals surface area contributed by atoms with Crippen LogP contribution in [-0.4, -0.2) is 19.1 Å². The second-order valence-electron chi connectivity index (χ2n) is 1.80. The first-order valence-corrected chi connectivity index (χ1v) is 3.97. The van der Waals surface area contributed by atoms with E-state index in [0.29, 0.717) is 0 Å². The van der Waals surface area contributed by atoms with Crippen molar-refractivity contribution >= 4 is 12.1 Å². The topological polar surface area (TPSA) is 36.8 Å². The van der Waals surface area contributed by atoms with Crippen molar-refractivity contribution in [3.8, 4) is 0 Å². The molecule has 0 aromatic rings. The maximum absolute atomic E-state index is 3.95. The zero-order valence-electron chi connectivity index (χ0n) is 7.83. The number of amidine groups is 1. The lowest BCUT2D eigenvalue weighted by atomic mass is 10.2. The van der Waals surface area contributed by atoms with Crippen LogP contribution in [0, 0.1) is 0 Å². The van der Waals surface area contributed by atoms with Gasteiger partial charge in [0.25, 0.3) is 0 Å². The molecule has 0 fully saturated rings. The van der Waals surface area contributed by atoms with Gasteiger partial charge in [0, 0.05) is 12.6 Å². The number of nitrogens with zero attached hydrogens (tertiary/aromatic N) is 2. The molecule has 0 saturated heterocycles. The van der Waals surface area contributed by atoms with Crippen LogP contribution in [0.1, 0.15) is 13.8 Å². The van der Waals surface area contributed by atoms with Crippen LogP contribution >= 0.6 is 0 Å². The first kappa shape index (κ1) is 10.6. The first-order valence-electron chi connectivity index (χ1n) is 3.97. The van der Waals surface area contributed by atoms with E-state index in [0.717, 1.165) is 11.4 Å². The van der Waals surface area contributed by atoms with Gasteiger partial charge < -0.3 is 0 Å².